The highest BCUT2D eigenvalue weighted by Gasteiger charge is 2.33. The lowest BCUT2D eigenvalue weighted by atomic mass is 9.93. The van der Waals surface area contributed by atoms with Gasteiger partial charge in [0.15, 0.2) is 11.5 Å². The summed E-state index contributed by atoms with van der Waals surface area (Å²) in [5.41, 5.74) is 1.18. The van der Waals surface area contributed by atoms with E-state index in [-0.39, 0.29) is 22.7 Å². The first-order chi connectivity index (χ1) is 11.6. The minimum Gasteiger partial charge on any atom is -0.367 e. The van der Waals surface area contributed by atoms with E-state index in [0.29, 0.717) is 12.4 Å². The summed E-state index contributed by atoms with van der Waals surface area (Å²) >= 11 is 5.79. The predicted octanol–water partition coefficient (Wildman–Crippen LogP) is 3.25. The van der Waals surface area contributed by atoms with Crippen molar-refractivity contribution < 1.29 is 4.39 Å². The smallest absolute Gasteiger partial charge is 0.182 e. The summed E-state index contributed by atoms with van der Waals surface area (Å²) in [5, 5.41) is 12.4. The molecule has 7 heteroatoms. The number of halogens is 2. The number of nitrogens with one attached hydrogen (secondary N) is 1. The van der Waals surface area contributed by atoms with Crippen LogP contribution in [0, 0.1) is 23.1 Å². The topological polar surface area (TPSA) is 64.8 Å². The number of hydrogen-bond donors (Lipinski definition) is 1. The van der Waals surface area contributed by atoms with Crippen LogP contribution in [0.2, 0.25) is 5.02 Å². The van der Waals surface area contributed by atoms with E-state index in [1.807, 2.05) is 19.2 Å². The van der Waals surface area contributed by atoms with Gasteiger partial charge in [-0.2, -0.15) is 5.26 Å². The van der Waals surface area contributed by atoms with E-state index < -0.39 is 5.82 Å². The fourth-order valence-corrected chi connectivity index (χ4v) is 3.36. The van der Waals surface area contributed by atoms with Crippen molar-refractivity contribution in [3.63, 3.8) is 0 Å². The normalized spacial score (nSPS) is 20.8. The van der Waals surface area contributed by atoms with Crippen LogP contribution in [0.25, 0.3) is 0 Å². The lowest BCUT2D eigenvalue weighted by Gasteiger charge is -2.26. The van der Waals surface area contributed by atoms with Crippen molar-refractivity contribution in [3.05, 3.63) is 52.7 Å². The Balaban J connectivity index is 1.77. The largest absolute Gasteiger partial charge is 0.367 e. The molecule has 1 aliphatic heterocycles. The molecule has 1 aliphatic rings. The quantitative estimate of drug-likeness (QED) is 0.921. The van der Waals surface area contributed by atoms with E-state index in [0.717, 1.165) is 18.5 Å². The molecule has 24 heavy (non-hydrogen) atoms. The molecule has 0 radical (unpaired) electrons. The van der Waals surface area contributed by atoms with Crippen LogP contribution in [-0.2, 0) is 0 Å². The van der Waals surface area contributed by atoms with Crippen molar-refractivity contribution >= 4 is 17.4 Å². The Kier molecular flexibility index (Phi) is 4.93. The molecule has 1 N–H and O–H groups in total. The third-order valence-electron chi connectivity index (χ3n) is 4.40. The molecule has 3 rings (SSSR count). The Morgan fingerprint density at radius 1 is 1.42 bits per heavy atom. The summed E-state index contributed by atoms with van der Waals surface area (Å²) in [4.78, 5) is 10.4. The van der Waals surface area contributed by atoms with Gasteiger partial charge in [0, 0.05) is 25.0 Å². The summed E-state index contributed by atoms with van der Waals surface area (Å²) in [6.45, 7) is 1.56. The van der Waals surface area contributed by atoms with Gasteiger partial charge in [0.2, 0.25) is 0 Å². The molecule has 0 aliphatic carbocycles. The lowest BCUT2D eigenvalue weighted by molar-refractivity contribution is 0.281. The van der Waals surface area contributed by atoms with Crippen LogP contribution < -0.4 is 5.32 Å². The molecule has 1 saturated heterocycles. The zero-order valence-corrected chi connectivity index (χ0v) is 14.0. The second-order valence-electron chi connectivity index (χ2n) is 5.89. The number of likely N-dealkylation sites (tertiary alicyclic amines) is 1. The van der Waals surface area contributed by atoms with E-state index >= 15 is 0 Å². The van der Waals surface area contributed by atoms with Crippen molar-refractivity contribution in [2.45, 2.75) is 12.5 Å². The SMILES string of the molecule is CN1CCC(CNc2nccnc2C#N)C1c1ccc(Cl)c(F)c1. The molecule has 0 bridgehead atoms. The number of aromatic nitrogens is 2. The fourth-order valence-electron chi connectivity index (χ4n) is 3.24. The van der Waals surface area contributed by atoms with E-state index in [1.54, 1.807) is 12.3 Å². The molecule has 5 nitrogen and oxygen atoms in total. The van der Waals surface area contributed by atoms with Crippen LogP contribution in [0.15, 0.2) is 30.6 Å². The molecule has 0 spiro atoms. The Labute approximate surface area is 145 Å². The molecule has 2 unspecified atom stereocenters. The second kappa shape index (κ2) is 7.12. The summed E-state index contributed by atoms with van der Waals surface area (Å²) < 4.78 is 13.8. The summed E-state index contributed by atoms with van der Waals surface area (Å²) in [6.07, 6.45) is 4.02. The summed E-state index contributed by atoms with van der Waals surface area (Å²) in [7, 11) is 2.03. The van der Waals surface area contributed by atoms with Crippen molar-refractivity contribution in [3.8, 4) is 6.07 Å². The first-order valence-corrected chi connectivity index (χ1v) is 8.08. The molecular weight excluding hydrogens is 329 g/mol. The fraction of sp³-hybridized carbons (Fsp3) is 0.353. The number of anilines is 1. The maximum Gasteiger partial charge on any atom is 0.182 e. The molecule has 2 atom stereocenters. The van der Waals surface area contributed by atoms with Gasteiger partial charge in [-0.3, -0.25) is 4.90 Å². The van der Waals surface area contributed by atoms with Gasteiger partial charge >= 0.3 is 0 Å². The van der Waals surface area contributed by atoms with E-state index in [2.05, 4.69) is 20.2 Å². The number of nitriles is 1. The first kappa shape index (κ1) is 16.6. The van der Waals surface area contributed by atoms with Crippen molar-refractivity contribution in [2.24, 2.45) is 5.92 Å². The molecule has 0 amide bonds. The number of benzene rings is 1. The highest BCUT2D eigenvalue weighted by molar-refractivity contribution is 6.30. The molecule has 2 heterocycles. The minimum atomic E-state index is -0.401. The highest BCUT2D eigenvalue weighted by Crippen LogP contribution is 2.37. The zero-order chi connectivity index (χ0) is 17.1. The van der Waals surface area contributed by atoms with E-state index in [9.17, 15) is 4.39 Å². The van der Waals surface area contributed by atoms with Crippen molar-refractivity contribution in [1.29, 1.82) is 5.26 Å². The number of hydrogen-bond acceptors (Lipinski definition) is 5. The third-order valence-corrected chi connectivity index (χ3v) is 4.70. The molecule has 1 aromatic heterocycles. The average molecular weight is 346 g/mol. The van der Waals surface area contributed by atoms with Crippen LogP contribution in [0.1, 0.15) is 23.7 Å². The zero-order valence-electron chi connectivity index (χ0n) is 13.2. The van der Waals surface area contributed by atoms with E-state index in [1.165, 1.54) is 12.3 Å². The van der Waals surface area contributed by atoms with Gasteiger partial charge in [0.25, 0.3) is 0 Å². The Bertz CT molecular complexity index is 776. The summed E-state index contributed by atoms with van der Waals surface area (Å²) in [5.74, 6) is 0.349. The van der Waals surface area contributed by atoms with Gasteiger partial charge in [-0.25, -0.2) is 14.4 Å². The Morgan fingerprint density at radius 3 is 2.96 bits per heavy atom. The summed E-state index contributed by atoms with van der Waals surface area (Å²) in [6, 6.07) is 7.09. The van der Waals surface area contributed by atoms with Crippen LogP contribution in [-0.4, -0.2) is 35.0 Å². The van der Waals surface area contributed by atoms with Gasteiger partial charge in [0.1, 0.15) is 11.9 Å². The van der Waals surface area contributed by atoms with Crippen molar-refractivity contribution in [2.75, 3.05) is 25.5 Å². The lowest BCUT2D eigenvalue weighted by Crippen LogP contribution is -2.25. The third kappa shape index (κ3) is 3.32. The Morgan fingerprint density at radius 2 is 2.21 bits per heavy atom. The van der Waals surface area contributed by atoms with Gasteiger partial charge < -0.3 is 5.32 Å². The predicted molar refractivity (Wildman–Crippen MR) is 90.1 cm³/mol. The standard InChI is InChI=1S/C17H17ClFN5/c1-24-7-4-12(10-23-17-15(9-20)21-5-6-22-17)16(24)11-2-3-13(18)14(19)8-11/h2-3,5-6,8,12,16H,4,7,10H2,1H3,(H,22,23). The molecule has 124 valence electrons. The van der Waals surface area contributed by atoms with Gasteiger partial charge in [0.05, 0.1) is 5.02 Å². The van der Waals surface area contributed by atoms with Gasteiger partial charge in [-0.05, 0) is 43.6 Å². The minimum absolute atomic E-state index is 0.0893. The van der Waals surface area contributed by atoms with Crippen LogP contribution in [0.3, 0.4) is 0 Å². The number of nitrogens with zero attached hydrogens (tertiary/aromatic N) is 4. The van der Waals surface area contributed by atoms with Crippen LogP contribution in [0.5, 0.6) is 0 Å². The molecule has 1 fully saturated rings. The maximum atomic E-state index is 13.8. The second-order valence-corrected chi connectivity index (χ2v) is 6.30. The van der Waals surface area contributed by atoms with Crippen LogP contribution in [0.4, 0.5) is 10.2 Å². The monoisotopic (exact) mass is 345 g/mol. The first-order valence-electron chi connectivity index (χ1n) is 7.70. The molecule has 0 saturated carbocycles. The Hall–Kier alpha value is -2.23. The van der Waals surface area contributed by atoms with E-state index in [4.69, 9.17) is 16.9 Å². The number of rotatable bonds is 4. The van der Waals surface area contributed by atoms with Crippen LogP contribution >= 0.6 is 11.6 Å². The molecule has 2 aromatic rings. The van der Waals surface area contributed by atoms with Gasteiger partial charge in [-0.15, -0.1) is 0 Å². The van der Waals surface area contributed by atoms with Gasteiger partial charge in [-0.1, -0.05) is 17.7 Å². The maximum absolute atomic E-state index is 13.8. The molecule has 1 aromatic carbocycles. The highest BCUT2D eigenvalue weighted by atomic mass is 35.5. The average Bonchev–Trinajstić information content (AvgIpc) is 2.96. The molecular formula is C17H17ClFN5. The van der Waals surface area contributed by atoms with Crippen molar-refractivity contribution in [1.82, 2.24) is 14.9 Å².